The topological polar surface area (TPSA) is 12.9 Å². The fourth-order valence-corrected chi connectivity index (χ4v) is 2.12. The molecule has 0 aliphatic heterocycles. The van der Waals surface area contributed by atoms with Gasteiger partial charge >= 0.3 is 0 Å². The molecule has 1 nitrogen and oxygen atoms in total. The second kappa shape index (κ2) is 3.82. The van der Waals surface area contributed by atoms with Crippen LogP contribution in [0.15, 0.2) is 24.3 Å². The van der Waals surface area contributed by atoms with Crippen molar-refractivity contribution in [2.45, 2.75) is 26.7 Å². The van der Waals surface area contributed by atoms with Crippen molar-refractivity contribution in [3.8, 4) is 0 Å². The van der Waals surface area contributed by atoms with Crippen LogP contribution in [0.1, 0.15) is 31.0 Å². The number of para-hydroxylation sites is 1. The summed E-state index contributed by atoms with van der Waals surface area (Å²) in [6, 6.07) is 8.10. The first-order chi connectivity index (χ1) is 7.09. The Hall–Kier alpha value is -1.08. The van der Waals surface area contributed by atoms with Crippen molar-refractivity contribution in [3.63, 3.8) is 0 Å². The summed E-state index contributed by atoms with van der Waals surface area (Å²) in [5.74, 6) is 0.471. The van der Waals surface area contributed by atoms with Gasteiger partial charge in [0.15, 0.2) is 0 Å². The molecule has 0 spiro atoms. The van der Waals surface area contributed by atoms with E-state index in [4.69, 9.17) is 11.6 Å². The Kier molecular flexibility index (Phi) is 2.66. The fourth-order valence-electron chi connectivity index (χ4n) is 1.81. The Morgan fingerprint density at radius 2 is 2.00 bits per heavy atom. The molecule has 0 atom stereocenters. The normalized spacial score (nSPS) is 11.3. The lowest BCUT2D eigenvalue weighted by Gasteiger charge is -2.10. The predicted octanol–water partition coefficient (Wildman–Crippen LogP) is 4.32. The average molecular weight is 220 g/mol. The second-order valence-corrected chi connectivity index (χ2v) is 4.55. The van der Waals surface area contributed by atoms with Crippen LogP contribution in [0.5, 0.6) is 0 Å². The van der Waals surface area contributed by atoms with Crippen molar-refractivity contribution < 1.29 is 0 Å². The van der Waals surface area contributed by atoms with Gasteiger partial charge in [-0.15, -0.1) is 0 Å². The van der Waals surface area contributed by atoms with Gasteiger partial charge in [0.2, 0.25) is 0 Å². The van der Waals surface area contributed by atoms with Gasteiger partial charge in [-0.2, -0.15) is 0 Å². The summed E-state index contributed by atoms with van der Waals surface area (Å²) in [5.41, 5.74) is 3.27. The molecule has 2 rings (SSSR count). The van der Waals surface area contributed by atoms with Crippen LogP contribution < -0.4 is 0 Å². The molecule has 0 aliphatic carbocycles. The zero-order chi connectivity index (χ0) is 11.0. The molecule has 2 heteroatoms. The molecule has 0 fully saturated rings. The monoisotopic (exact) mass is 219 g/mol. The highest BCUT2D eigenvalue weighted by Gasteiger charge is 2.08. The summed E-state index contributed by atoms with van der Waals surface area (Å²) in [5, 5.41) is 1.84. The van der Waals surface area contributed by atoms with E-state index in [9.17, 15) is 0 Å². The Morgan fingerprint density at radius 3 is 2.67 bits per heavy atom. The van der Waals surface area contributed by atoms with Gasteiger partial charge in [0.1, 0.15) is 0 Å². The van der Waals surface area contributed by atoms with Crippen molar-refractivity contribution in [1.82, 2.24) is 4.98 Å². The van der Waals surface area contributed by atoms with Crippen LogP contribution in [0.25, 0.3) is 10.9 Å². The van der Waals surface area contributed by atoms with Crippen LogP contribution >= 0.6 is 11.6 Å². The van der Waals surface area contributed by atoms with E-state index in [0.29, 0.717) is 5.92 Å². The number of hydrogen-bond donors (Lipinski definition) is 0. The van der Waals surface area contributed by atoms with Crippen LogP contribution in [0.4, 0.5) is 0 Å². The number of aryl methyl sites for hydroxylation is 1. The Balaban J connectivity index is 2.85. The van der Waals surface area contributed by atoms with Gasteiger partial charge in [-0.05, 0) is 24.5 Å². The van der Waals surface area contributed by atoms with Crippen LogP contribution in [0, 0.1) is 6.92 Å². The molecule has 0 saturated heterocycles. The van der Waals surface area contributed by atoms with Crippen molar-refractivity contribution in [2.75, 3.05) is 0 Å². The number of benzene rings is 1. The Labute approximate surface area is 95.1 Å². The molecular weight excluding hydrogens is 206 g/mol. The molecule has 1 heterocycles. The summed E-state index contributed by atoms with van der Waals surface area (Å²) in [7, 11) is 0. The number of nitrogens with zero attached hydrogens (tertiary/aromatic N) is 1. The molecule has 0 aliphatic rings. The largest absolute Gasteiger partial charge is 0.253 e. The fraction of sp³-hybridized carbons (Fsp3) is 0.308. The smallest absolute Gasteiger partial charge is 0.0754 e. The van der Waals surface area contributed by atoms with Gasteiger partial charge in [0.05, 0.1) is 10.5 Å². The summed E-state index contributed by atoms with van der Waals surface area (Å²) in [6.45, 7) is 6.32. The molecule has 0 saturated carbocycles. The van der Waals surface area contributed by atoms with Crippen LogP contribution in [0.2, 0.25) is 5.02 Å². The van der Waals surface area contributed by atoms with Gasteiger partial charge in [0.25, 0.3) is 0 Å². The molecule has 0 amide bonds. The van der Waals surface area contributed by atoms with E-state index in [1.165, 1.54) is 5.56 Å². The molecule has 0 bridgehead atoms. The highest BCUT2D eigenvalue weighted by molar-refractivity contribution is 6.35. The van der Waals surface area contributed by atoms with E-state index < -0.39 is 0 Å². The first-order valence-corrected chi connectivity index (χ1v) is 5.53. The molecule has 2 aromatic rings. The summed E-state index contributed by atoms with van der Waals surface area (Å²) in [4.78, 5) is 4.57. The van der Waals surface area contributed by atoms with Gasteiger partial charge in [-0.3, -0.25) is 4.98 Å². The van der Waals surface area contributed by atoms with Crippen LogP contribution in [-0.2, 0) is 0 Å². The van der Waals surface area contributed by atoms with E-state index in [0.717, 1.165) is 21.6 Å². The lowest BCUT2D eigenvalue weighted by molar-refractivity contribution is 0.872. The minimum absolute atomic E-state index is 0.471. The zero-order valence-electron chi connectivity index (χ0n) is 9.21. The van der Waals surface area contributed by atoms with E-state index in [1.807, 2.05) is 25.1 Å². The first-order valence-electron chi connectivity index (χ1n) is 5.15. The molecule has 15 heavy (non-hydrogen) atoms. The van der Waals surface area contributed by atoms with Crippen molar-refractivity contribution in [1.29, 1.82) is 0 Å². The molecule has 1 aromatic heterocycles. The van der Waals surface area contributed by atoms with Crippen molar-refractivity contribution >= 4 is 22.5 Å². The third-order valence-electron chi connectivity index (χ3n) is 2.57. The van der Waals surface area contributed by atoms with E-state index in [2.05, 4.69) is 24.9 Å². The van der Waals surface area contributed by atoms with Gasteiger partial charge in [0, 0.05) is 11.1 Å². The number of pyridine rings is 1. The average Bonchev–Trinajstić information content (AvgIpc) is 2.16. The third-order valence-corrected chi connectivity index (χ3v) is 2.88. The van der Waals surface area contributed by atoms with E-state index >= 15 is 0 Å². The molecule has 0 unspecified atom stereocenters. The maximum atomic E-state index is 6.20. The molecular formula is C13H14ClN. The Bertz CT molecular complexity index is 503. The maximum absolute atomic E-state index is 6.20. The molecule has 78 valence electrons. The SMILES string of the molecule is Cc1cc(Cl)c2cccc(C(C)C)c2n1. The predicted molar refractivity (Wildman–Crippen MR) is 65.6 cm³/mol. The lowest BCUT2D eigenvalue weighted by atomic mass is 9.99. The minimum atomic E-state index is 0.471. The number of fused-ring (bicyclic) bond motifs is 1. The number of halogens is 1. The molecule has 0 radical (unpaired) electrons. The lowest BCUT2D eigenvalue weighted by Crippen LogP contribution is -1.93. The zero-order valence-corrected chi connectivity index (χ0v) is 9.97. The molecule has 0 N–H and O–H groups in total. The summed E-state index contributed by atoms with van der Waals surface area (Å²) >= 11 is 6.20. The highest BCUT2D eigenvalue weighted by atomic mass is 35.5. The van der Waals surface area contributed by atoms with Crippen LogP contribution in [0.3, 0.4) is 0 Å². The highest BCUT2D eigenvalue weighted by Crippen LogP contribution is 2.28. The van der Waals surface area contributed by atoms with Gasteiger partial charge in [-0.25, -0.2) is 0 Å². The minimum Gasteiger partial charge on any atom is -0.253 e. The van der Waals surface area contributed by atoms with E-state index in [-0.39, 0.29) is 0 Å². The third kappa shape index (κ3) is 1.84. The van der Waals surface area contributed by atoms with Gasteiger partial charge < -0.3 is 0 Å². The summed E-state index contributed by atoms with van der Waals surface area (Å²) < 4.78 is 0. The van der Waals surface area contributed by atoms with Gasteiger partial charge in [-0.1, -0.05) is 43.6 Å². The number of rotatable bonds is 1. The first kappa shape index (κ1) is 10.4. The molecule has 1 aromatic carbocycles. The maximum Gasteiger partial charge on any atom is 0.0754 e. The van der Waals surface area contributed by atoms with E-state index in [1.54, 1.807) is 0 Å². The van der Waals surface area contributed by atoms with Crippen molar-refractivity contribution in [2.24, 2.45) is 0 Å². The number of hydrogen-bond acceptors (Lipinski definition) is 1. The standard InChI is InChI=1S/C13H14ClN/c1-8(2)10-5-4-6-11-12(14)7-9(3)15-13(10)11/h4-8H,1-3H3. The quantitative estimate of drug-likeness (QED) is 0.696. The Morgan fingerprint density at radius 1 is 1.27 bits per heavy atom. The summed E-state index contributed by atoms with van der Waals surface area (Å²) in [6.07, 6.45) is 0. The van der Waals surface area contributed by atoms with Crippen LogP contribution in [-0.4, -0.2) is 4.98 Å². The number of aromatic nitrogens is 1. The second-order valence-electron chi connectivity index (χ2n) is 4.14. The van der Waals surface area contributed by atoms with Crippen molar-refractivity contribution in [3.05, 3.63) is 40.5 Å².